The van der Waals surface area contributed by atoms with E-state index in [1.807, 2.05) is 0 Å². The number of non-ortho nitro benzene ring substituents is 1. The van der Waals surface area contributed by atoms with E-state index in [0.29, 0.717) is 22.7 Å². The molecule has 0 saturated carbocycles. The van der Waals surface area contributed by atoms with E-state index in [2.05, 4.69) is 15.9 Å². The first-order valence-corrected chi connectivity index (χ1v) is 5.60. The number of halogens is 2. The summed E-state index contributed by atoms with van der Waals surface area (Å²) in [5, 5.41) is 10.5. The fourth-order valence-corrected chi connectivity index (χ4v) is 1.55. The van der Waals surface area contributed by atoms with Crippen molar-refractivity contribution in [3.05, 3.63) is 32.8 Å². The molecule has 0 saturated heterocycles. The molecule has 0 atom stereocenters. The third-order valence-electron chi connectivity index (χ3n) is 1.66. The van der Waals surface area contributed by atoms with Gasteiger partial charge in [-0.2, -0.15) is 0 Å². The van der Waals surface area contributed by atoms with Crippen LogP contribution < -0.4 is 4.74 Å². The highest BCUT2D eigenvalue weighted by atomic mass is 79.9. The zero-order chi connectivity index (χ0) is 11.3. The van der Waals surface area contributed by atoms with Crippen molar-refractivity contribution in [1.29, 1.82) is 0 Å². The molecule has 0 fully saturated rings. The molecule has 4 nitrogen and oxygen atoms in total. The molecule has 1 aromatic rings. The third-order valence-corrected chi connectivity index (χ3v) is 2.55. The van der Waals surface area contributed by atoms with Crippen LogP contribution >= 0.6 is 27.5 Å². The molecule has 0 radical (unpaired) electrons. The Hall–Kier alpha value is -0.810. The van der Waals surface area contributed by atoms with Gasteiger partial charge < -0.3 is 4.74 Å². The summed E-state index contributed by atoms with van der Waals surface area (Å²) in [4.78, 5) is 10.0. The Morgan fingerprint density at radius 3 is 2.80 bits per heavy atom. The van der Waals surface area contributed by atoms with E-state index in [0.717, 1.165) is 6.42 Å². The van der Waals surface area contributed by atoms with Crippen LogP contribution in [0.15, 0.2) is 22.7 Å². The molecule has 0 N–H and O–H groups in total. The highest BCUT2D eigenvalue weighted by Gasteiger charge is 2.09. The Morgan fingerprint density at radius 1 is 1.53 bits per heavy atom. The molecule has 1 rings (SSSR count). The average molecular weight is 295 g/mol. The van der Waals surface area contributed by atoms with Gasteiger partial charge in [0.15, 0.2) is 0 Å². The van der Waals surface area contributed by atoms with Crippen molar-refractivity contribution in [2.24, 2.45) is 0 Å². The second kappa shape index (κ2) is 5.92. The lowest BCUT2D eigenvalue weighted by Gasteiger charge is -2.06. The SMILES string of the molecule is O=[N+]([O-])c1ccc(OCCCCl)c(Br)c1. The molecule has 0 aliphatic heterocycles. The van der Waals surface area contributed by atoms with Gasteiger partial charge in [-0.15, -0.1) is 11.6 Å². The first-order valence-electron chi connectivity index (χ1n) is 4.28. The van der Waals surface area contributed by atoms with E-state index in [9.17, 15) is 10.1 Å². The predicted molar refractivity (Wildman–Crippen MR) is 61.6 cm³/mol. The van der Waals surface area contributed by atoms with Gasteiger partial charge in [0, 0.05) is 18.0 Å². The van der Waals surface area contributed by atoms with E-state index in [1.165, 1.54) is 12.1 Å². The number of hydrogen-bond donors (Lipinski definition) is 0. The summed E-state index contributed by atoms with van der Waals surface area (Å²) in [5.41, 5.74) is 0.0339. The number of ether oxygens (including phenoxy) is 1. The zero-order valence-corrected chi connectivity index (χ0v) is 10.1. The maximum absolute atomic E-state index is 10.5. The standard InChI is InChI=1S/C9H9BrClNO3/c10-8-6-7(12(13)14)2-3-9(8)15-5-1-4-11/h2-3,6H,1,4-5H2. The first-order chi connectivity index (χ1) is 7.15. The molecule has 0 aromatic heterocycles. The van der Waals surface area contributed by atoms with E-state index in [-0.39, 0.29) is 5.69 Å². The summed E-state index contributed by atoms with van der Waals surface area (Å²) >= 11 is 8.70. The van der Waals surface area contributed by atoms with Crippen molar-refractivity contribution in [3.63, 3.8) is 0 Å². The maximum Gasteiger partial charge on any atom is 0.270 e. The molecule has 1 aromatic carbocycles. The molecule has 0 heterocycles. The van der Waals surface area contributed by atoms with Crippen LogP contribution in [0.1, 0.15) is 6.42 Å². The van der Waals surface area contributed by atoms with Crippen molar-refractivity contribution in [2.45, 2.75) is 6.42 Å². The fourth-order valence-electron chi connectivity index (χ4n) is 0.957. The van der Waals surface area contributed by atoms with Crippen LogP contribution in [0.4, 0.5) is 5.69 Å². The summed E-state index contributed by atoms with van der Waals surface area (Å²) in [5.74, 6) is 1.12. The highest BCUT2D eigenvalue weighted by molar-refractivity contribution is 9.10. The van der Waals surface area contributed by atoms with Gasteiger partial charge in [-0.05, 0) is 28.4 Å². The van der Waals surface area contributed by atoms with Gasteiger partial charge in [-0.25, -0.2) is 0 Å². The molecular weight excluding hydrogens is 285 g/mol. The van der Waals surface area contributed by atoms with Crippen molar-refractivity contribution >= 4 is 33.2 Å². The van der Waals surface area contributed by atoms with Gasteiger partial charge in [0.1, 0.15) is 5.75 Å². The average Bonchev–Trinajstić information content (AvgIpc) is 2.20. The third kappa shape index (κ3) is 3.68. The summed E-state index contributed by atoms with van der Waals surface area (Å²) < 4.78 is 5.93. The minimum absolute atomic E-state index is 0.0339. The molecule has 0 aliphatic carbocycles. The fraction of sp³-hybridized carbons (Fsp3) is 0.333. The van der Waals surface area contributed by atoms with Crippen molar-refractivity contribution in [1.82, 2.24) is 0 Å². The number of nitro benzene ring substituents is 1. The quantitative estimate of drug-likeness (QED) is 0.362. The van der Waals surface area contributed by atoms with Crippen LogP contribution in [0, 0.1) is 10.1 Å². The van der Waals surface area contributed by atoms with Gasteiger partial charge in [-0.3, -0.25) is 10.1 Å². The molecule has 0 aliphatic rings. The molecule has 0 spiro atoms. The summed E-state index contributed by atoms with van der Waals surface area (Å²) in [7, 11) is 0. The number of nitro groups is 1. The summed E-state index contributed by atoms with van der Waals surface area (Å²) in [6.07, 6.45) is 0.741. The Balaban J connectivity index is 2.70. The van der Waals surface area contributed by atoms with Crippen LogP contribution in [0.5, 0.6) is 5.75 Å². The largest absolute Gasteiger partial charge is 0.492 e. The normalized spacial score (nSPS) is 10.0. The molecule has 0 unspecified atom stereocenters. The highest BCUT2D eigenvalue weighted by Crippen LogP contribution is 2.29. The molecule has 0 bridgehead atoms. The van der Waals surface area contributed by atoms with Gasteiger partial charge in [-0.1, -0.05) is 0 Å². The van der Waals surface area contributed by atoms with Gasteiger partial charge in [0.25, 0.3) is 5.69 Å². The number of hydrogen-bond acceptors (Lipinski definition) is 3. The minimum atomic E-state index is -0.451. The smallest absolute Gasteiger partial charge is 0.270 e. The Labute approximate surface area is 100 Å². The summed E-state index contributed by atoms with van der Waals surface area (Å²) in [6, 6.07) is 4.38. The second-order valence-electron chi connectivity index (χ2n) is 2.76. The Bertz CT molecular complexity index is 359. The Morgan fingerprint density at radius 2 is 2.27 bits per heavy atom. The van der Waals surface area contributed by atoms with E-state index < -0.39 is 4.92 Å². The number of rotatable bonds is 5. The summed E-state index contributed by atoms with van der Waals surface area (Å²) in [6.45, 7) is 0.500. The van der Waals surface area contributed by atoms with Crippen LogP contribution in [-0.2, 0) is 0 Å². The predicted octanol–water partition coefficient (Wildman–Crippen LogP) is 3.37. The molecule has 6 heteroatoms. The molecule has 82 valence electrons. The van der Waals surface area contributed by atoms with Crippen LogP contribution in [0.2, 0.25) is 0 Å². The van der Waals surface area contributed by atoms with Gasteiger partial charge >= 0.3 is 0 Å². The lowest BCUT2D eigenvalue weighted by atomic mass is 10.3. The van der Waals surface area contributed by atoms with Crippen LogP contribution in [-0.4, -0.2) is 17.4 Å². The van der Waals surface area contributed by atoms with Crippen LogP contribution in [0.25, 0.3) is 0 Å². The number of alkyl halides is 1. The topological polar surface area (TPSA) is 52.4 Å². The molecule has 0 amide bonds. The second-order valence-corrected chi connectivity index (χ2v) is 4.00. The Kier molecular flexibility index (Phi) is 4.84. The lowest BCUT2D eigenvalue weighted by Crippen LogP contribution is -1.98. The monoisotopic (exact) mass is 293 g/mol. The van der Waals surface area contributed by atoms with Crippen molar-refractivity contribution in [3.8, 4) is 5.75 Å². The van der Waals surface area contributed by atoms with Crippen molar-refractivity contribution < 1.29 is 9.66 Å². The zero-order valence-electron chi connectivity index (χ0n) is 7.78. The number of benzene rings is 1. The van der Waals surface area contributed by atoms with Crippen LogP contribution in [0.3, 0.4) is 0 Å². The minimum Gasteiger partial charge on any atom is -0.492 e. The van der Waals surface area contributed by atoms with E-state index in [4.69, 9.17) is 16.3 Å². The lowest BCUT2D eigenvalue weighted by molar-refractivity contribution is -0.385. The van der Waals surface area contributed by atoms with E-state index >= 15 is 0 Å². The van der Waals surface area contributed by atoms with Gasteiger partial charge in [0.05, 0.1) is 16.0 Å². The van der Waals surface area contributed by atoms with Gasteiger partial charge in [0.2, 0.25) is 0 Å². The molecular formula is C9H9BrClNO3. The molecule has 15 heavy (non-hydrogen) atoms. The number of nitrogens with zero attached hydrogens (tertiary/aromatic N) is 1. The van der Waals surface area contributed by atoms with E-state index in [1.54, 1.807) is 6.07 Å². The first kappa shape index (κ1) is 12.3. The van der Waals surface area contributed by atoms with Crippen molar-refractivity contribution in [2.75, 3.05) is 12.5 Å². The maximum atomic E-state index is 10.5.